The van der Waals surface area contributed by atoms with Gasteiger partial charge in [-0.2, -0.15) is 5.10 Å². The van der Waals surface area contributed by atoms with Crippen molar-refractivity contribution in [3.05, 3.63) is 30.4 Å². The van der Waals surface area contributed by atoms with Gasteiger partial charge in [0.05, 0.1) is 23.8 Å². The third-order valence-corrected chi connectivity index (χ3v) is 5.45. The zero-order valence-electron chi connectivity index (χ0n) is 13.4. The molecule has 3 rings (SSSR count). The average Bonchev–Trinajstić information content (AvgIpc) is 3.15. The minimum absolute atomic E-state index is 0.297. The fourth-order valence-electron chi connectivity index (χ4n) is 2.99. The van der Waals surface area contributed by atoms with E-state index in [1.54, 1.807) is 22.9 Å². The monoisotopic (exact) mass is 335 g/mol. The van der Waals surface area contributed by atoms with Crippen molar-refractivity contribution in [2.75, 3.05) is 19.3 Å². The van der Waals surface area contributed by atoms with Gasteiger partial charge in [0, 0.05) is 32.0 Å². The summed E-state index contributed by atoms with van der Waals surface area (Å²) in [5, 5.41) is 4.26. The molecule has 1 saturated heterocycles. The molecule has 8 heteroatoms. The van der Waals surface area contributed by atoms with E-state index in [2.05, 4.69) is 15.1 Å². The number of aromatic nitrogens is 4. The summed E-state index contributed by atoms with van der Waals surface area (Å²) in [5.74, 6) is 0.297. The molecular formula is C15H21N5O2S. The molecule has 0 radical (unpaired) electrons. The van der Waals surface area contributed by atoms with Gasteiger partial charge in [-0.3, -0.25) is 9.67 Å². The summed E-state index contributed by atoms with van der Waals surface area (Å²) in [5.41, 5.74) is 2.65. The van der Waals surface area contributed by atoms with Crippen LogP contribution in [0.25, 0.3) is 11.4 Å². The van der Waals surface area contributed by atoms with Gasteiger partial charge in [-0.15, -0.1) is 0 Å². The summed E-state index contributed by atoms with van der Waals surface area (Å²) in [6.07, 6.45) is 8.14. The quantitative estimate of drug-likeness (QED) is 0.820. The van der Waals surface area contributed by atoms with E-state index >= 15 is 0 Å². The van der Waals surface area contributed by atoms with Gasteiger partial charge in [0.2, 0.25) is 10.0 Å². The zero-order chi connectivity index (χ0) is 16.4. The van der Waals surface area contributed by atoms with Crippen molar-refractivity contribution in [3.8, 4) is 11.4 Å². The average molecular weight is 335 g/mol. The first kappa shape index (κ1) is 16.1. The van der Waals surface area contributed by atoms with Crippen LogP contribution in [0.3, 0.4) is 0 Å². The summed E-state index contributed by atoms with van der Waals surface area (Å²) in [4.78, 5) is 8.97. The first-order valence-corrected chi connectivity index (χ1v) is 9.60. The summed E-state index contributed by atoms with van der Waals surface area (Å²) < 4.78 is 26.6. The van der Waals surface area contributed by atoms with Crippen molar-refractivity contribution in [1.82, 2.24) is 24.1 Å². The van der Waals surface area contributed by atoms with Crippen LogP contribution >= 0.6 is 0 Å². The molecule has 1 fully saturated rings. The van der Waals surface area contributed by atoms with Crippen molar-refractivity contribution in [2.45, 2.75) is 26.3 Å². The molecule has 2 aromatic rings. The molecule has 0 aliphatic carbocycles. The van der Waals surface area contributed by atoms with Crippen LogP contribution in [0.2, 0.25) is 0 Å². The number of rotatable bonds is 5. The van der Waals surface area contributed by atoms with E-state index in [1.807, 2.05) is 17.7 Å². The van der Waals surface area contributed by atoms with E-state index in [9.17, 15) is 8.42 Å². The molecular weight excluding hydrogens is 314 g/mol. The molecule has 0 amide bonds. The third-order valence-electron chi connectivity index (χ3n) is 4.18. The van der Waals surface area contributed by atoms with Crippen molar-refractivity contribution in [1.29, 1.82) is 0 Å². The van der Waals surface area contributed by atoms with Crippen LogP contribution in [0, 0.1) is 5.92 Å². The molecule has 3 heterocycles. The summed E-state index contributed by atoms with van der Waals surface area (Å²) in [6.45, 7) is 3.98. The second-order valence-electron chi connectivity index (χ2n) is 5.91. The second-order valence-corrected chi connectivity index (χ2v) is 7.89. The van der Waals surface area contributed by atoms with Gasteiger partial charge < -0.3 is 0 Å². The van der Waals surface area contributed by atoms with Gasteiger partial charge in [0.15, 0.2) is 0 Å². The molecule has 7 nitrogen and oxygen atoms in total. The van der Waals surface area contributed by atoms with Gasteiger partial charge >= 0.3 is 0 Å². The standard InChI is InChI=1S/C15H21N5O2S/c1-3-20-15(4-6-17-20)14-10-16-9-13(18-14)8-12-5-7-19(11-12)23(2,21)22/h4,6,9-10,12H,3,5,7-8,11H2,1-2H3/t12-/m0/s1. The first-order valence-electron chi connectivity index (χ1n) is 7.75. The van der Waals surface area contributed by atoms with Crippen LogP contribution in [0.15, 0.2) is 24.7 Å². The highest BCUT2D eigenvalue weighted by Gasteiger charge is 2.28. The van der Waals surface area contributed by atoms with Gasteiger partial charge in [0.25, 0.3) is 0 Å². The predicted octanol–water partition coefficient (Wildman–Crippen LogP) is 1.18. The Kier molecular flexibility index (Phi) is 4.45. The predicted molar refractivity (Wildman–Crippen MR) is 87.2 cm³/mol. The lowest BCUT2D eigenvalue weighted by atomic mass is 10.0. The van der Waals surface area contributed by atoms with Gasteiger partial charge in [-0.25, -0.2) is 17.7 Å². The van der Waals surface area contributed by atoms with E-state index in [0.29, 0.717) is 19.0 Å². The molecule has 0 spiro atoms. The maximum Gasteiger partial charge on any atom is 0.211 e. The van der Waals surface area contributed by atoms with E-state index in [-0.39, 0.29) is 0 Å². The maximum atomic E-state index is 11.6. The van der Waals surface area contributed by atoms with Crippen LogP contribution < -0.4 is 0 Å². The maximum absolute atomic E-state index is 11.6. The fraction of sp³-hybridized carbons (Fsp3) is 0.533. The summed E-state index contributed by atoms with van der Waals surface area (Å²) >= 11 is 0. The molecule has 124 valence electrons. The molecule has 2 aromatic heterocycles. The van der Waals surface area contributed by atoms with Gasteiger partial charge in [-0.1, -0.05) is 0 Å². The van der Waals surface area contributed by atoms with Crippen LogP contribution in [-0.4, -0.2) is 51.8 Å². The topological polar surface area (TPSA) is 81.0 Å². The molecule has 1 aliphatic rings. The van der Waals surface area contributed by atoms with Crippen molar-refractivity contribution in [2.24, 2.45) is 5.92 Å². The lowest BCUT2D eigenvalue weighted by Crippen LogP contribution is -2.27. The fourth-order valence-corrected chi connectivity index (χ4v) is 3.91. The highest BCUT2D eigenvalue weighted by molar-refractivity contribution is 7.88. The Balaban J connectivity index is 1.74. The Morgan fingerprint density at radius 3 is 2.87 bits per heavy atom. The van der Waals surface area contributed by atoms with Crippen molar-refractivity contribution in [3.63, 3.8) is 0 Å². The van der Waals surface area contributed by atoms with E-state index in [1.165, 1.54) is 6.26 Å². The number of sulfonamides is 1. The molecule has 0 saturated carbocycles. The molecule has 1 aliphatic heterocycles. The Morgan fingerprint density at radius 1 is 1.35 bits per heavy atom. The van der Waals surface area contributed by atoms with Gasteiger partial charge in [-0.05, 0) is 31.7 Å². The molecule has 0 N–H and O–H groups in total. The number of hydrogen-bond donors (Lipinski definition) is 0. The normalized spacial score (nSPS) is 19.3. The molecule has 23 heavy (non-hydrogen) atoms. The number of aryl methyl sites for hydroxylation is 1. The highest BCUT2D eigenvalue weighted by Crippen LogP contribution is 2.23. The second kappa shape index (κ2) is 6.37. The van der Waals surface area contributed by atoms with E-state index in [0.717, 1.165) is 36.5 Å². The lowest BCUT2D eigenvalue weighted by Gasteiger charge is -2.13. The Labute approximate surface area is 136 Å². The molecule has 0 aromatic carbocycles. The molecule has 0 unspecified atom stereocenters. The van der Waals surface area contributed by atoms with Crippen LogP contribution in [0.1, 0.15) is 19.0 Å². The smallest absolute Gasteiger partial charge is 0.211 e. The molecule has 0 bridgehead atoms. The minimum Gasteiger partial charge on any atom is -0.264 e. The number of hydrogen-bond acceptors (Lipinski definition) is 5. The molecule has 1 atom stereocenters. The first-order chi connectivity index (χ1) is 11.0. The van der Waals surface area contributed by atoms with Crippen LogP contribution in [0.5, 0.6) is 0 Å². The third kappa shape index (κ3) is 3.59. The highest BCUT2D eigenvalue weighted by atomic mass is 32.2. The van der Waals surface area contributed by atoms with Crippen molar-refractivity contribution < 1.29 is 8.42 Å². The lowest BCUT2D eigenvalue weighted by molar-refractivity contribution is 0.459. The Morgan fingerprint density at radius 2 is 2.17 bits per heavy atom. The largest absolute Gasteiger partial charge is 0.264 e. The van der Waals surface area contributed by atoms with E-state index < -0.39 is 10.0 Å². The number of nitrogens with zero attached hydrogens (tertiary/aromatic N) is 5. The van der Waals surface area contributed by atoms with Crippen molar-refractivity contribution >= 4 is 10.0 Å². The van der Waals surface area contributed by atoms with E-state index in [4.69, 9.17) is 0 Å². The summed E-state index contributed by atoms with van der Waals surface area (Å²) in [6, 6.07) is 1.93. The SMILES string of the molecule is CCn1nccc1-c1cncc(C[C@@H]2CCN(S(C)(=O)=O)C2)n1. The minimum atomic E-state index is -3.09. The summed E-state index contributed by atoms with van der Waals surface area (Å²) in [7, 11) is -3.09. The van der Waals surface area contributed by atoms with Crippen LogP contribution in [0.4, 0.5) is 0 Å². The Hall–Kier alpha value is -1.80. The van der Waals surface area contributed by atoms with Gasteiger partial charge in [0.1, 0.15) is 5.69 Å². The van der Waals surface area contributed by atoms with Crippen LogP contribution in [-0.2, 0) is 23.0 Å². The zero-order valence-corrected chi connectivity index (χ0v) is 14.2. The Bertz CT molecular complexity index is 787.